The van der Waals surface area contributed by atoms with Crippen molar-refractivity contribution in [3.8, 4) is 16.9 Å². The van der Waals surface area contributed by atoms with Crippen LogP contribution in [0.4, 0.5) is 5.69 Å². The Kier molecular flexibility index (Phi) is 5.06. The number of hydrogen-bond acceptors (Lipinski definition) is 4. The van der Waals surface area contributed by atoms with Crippen LogP contribution in [-0.2, 0) is 4.79 Å². The average molecular weight is 333 g/mol. The van der Waals surface area contributed by atoms with Gasteiger partial charge in [-0.2, -0.15) is 0 Å². The lowest BCUT2D eigenvalue weighted by Gasteiger charge is -2.14. The van der Waals surface area contributed by atoms with Crippen molar-refractivity contribution in [1.82, 2.24) is 4.98 Å². The van der Waals surface area contributed by atoms with E-state index in [9.17, 15) is 4.79 Å². The van der Waals surface area contributed by atoms with E-state index in [1.165, 1.54) is 0 Å². The first-order valence-electron chi connectivity index (χ1n) is 7.88. The van der Waals surface area contributed by atoms with Gasteiger partial charge < -0.3 is 15.8 Å². The molecule has 1 unspecified atom stereocenters. The van der Waals surface area contributed by atoms with Crippen LogP contribution in [0.1, 0.15) is 11.6 Å². The number of amides is 1. The number of ether oxygens (including phenoxy) is 1. The van der Waals surface area contributed by atoms with Gasteiger partial charge in [0.1, 0.15) is 11.8 Å². The molecule has 0 aliphatic heterocycles. The third-order valence-corrected chi connectivity index (χ3v) is 3.90. The smallest absolute Gasteiger partial charge is 0.245 e. The lowest BCUT2D eigenvalue weighted by atomic mass is 10.1. The van der Waals surface area contributed by atoms with Crippen molar-refractivity contribution in [3.63, 3.8) is 0 Å². The van der Waals surface area contributed by atoms with Gasteiger partial charge in [-0.3, -0.25) is 9.78 Å². The number of aromatic nitrogens is 1. The van der Waals surface area contributed by atoms with Gasteiger partial charge in [0.15, 0.2) is 0 Å². The Morgan fingerprint density at radius 1 is 1.04 bits per heavy atom. The summed E-state index contributed by atoms with van der Waals surface area (Å²) in [7, 11) is 1.58. The number of carbonyl (C=O) groups is 1. The molecule has 0 fully saturated rings. The largest absolute Gasteiger partial charge is 0.497 e. The molecule has 5 nitrogen and oxygen atoms in total. The zero-order valence-corrected chi connectivity index (χ0v) is 13.8. The zero-order valence-electron chi connectivity index (χ0n) is 13.8. The molecule has 126 valence electrons. The molecule has 3 aromatic rings. The lowest BCUT2D eigenvalue weighted by Crippen LogP contribution is -2.27. The van der Waals surface area contributed by atoms with Crippen LogP contribution in [0.25, 0.3) is 11.1 Å². The van der Waals surface area contributed by atoms with E-state index in [4.69, 9.17) is 10.5 Å². The molecule has 25 heavy (non-hydrogen) atoms. The first kappa shape index (κ1) is 16.7. The molecule has 1 heterocycles. The van der Waals surface area contributed by atoms with Crippen molar-refractivity contribution >= 4 is 11.6 Å². The summed E-state index contributed by atoms with van der Waals surface area (Å²) in [6, 6.07) is 17.9. The second-order valence-corrected chi connectivity index (χ2v) is 5.56. The highest BCUT2D eigenvalue weighted by atomic mass is 16.5. The van der Waals surface area contributed by atoms with E-state index in [1.54, 1.807) is 31.6 Å². The van der Waals surface area contributed by atoms with Crippen LogP contribution in [0.3, 0.4) is 0 Å². The Labute approximate surface area is 146 Å². The van der Waals surface area contributed by atoms with Crippen LogP contribution in [0.5, 0.6) is 5.75 Å². The third kappa shape index (κ3) is 4.02. The van der Waals surface area contributed by atoms with Crippen LogP contribution in [0.15, 0.2) is 73.1 Å². The molecule has 5 heteroatoms. The van der Waals surface area contributed by atoms with Gasteiger partial charge in [-0.25, -0.2) is 0 Å². The normalized spacial score (nSPS) is 11.6. The van der Waals surface area contributed by atoms with E-state index in [0.29, 0.717) is 17.0 Å². The van der Waals surface area contributed by atoms with Gasteiger partial charge in [0.2, 0.25) is 5.91 Å². The van der Waals surface area contributed by atoms with Gasteiger partial charge in [0.05, 0.1) is 7.11 Å². The number of methoxy groups -OCH3 is 1. The second kappa shape index (κ2) is 7.59. The molecule has 0 spiro atoms. The van der Waals surface area contributed by atoms with E-state index in [1.807, 2.05) is 48.5 Å². The van der Waals surface area contributed by atoms with Gasteiger partial charge in [0.25, 0.3) is 0 Å². The van der Waals surface area contributed by atoms with Crippen molar-refractivity contribution < 1.29 is 9.53 Å². The minimum atomic E-state index is -0.769. The zero-order chi connectivity index (χ0) is 17.6. The molecule has 1 atom stereocenters. The maximum atomic E-state index is 12.4. The molecule has 3 rings (SSSR count). The molecular formula is C20H19N3O2. The van der Waals surface area contributed by atoms with Gasteiger partial charge in [-0.15, -0.1) is 0 Å². The quantitative estimate of drug-likeness (QED) is 0.750. The highest BCUT2D eigenvalue weighted by Gasteiger charge is 2.16. The Bertz CT molecular complexity index is 848. The fourth-order valence-corrected chi connectivity index (χ4v) is 2.50. The van der Waals surface area contributed by atoms with E-state index in [-0.39, 0.29) is 5.91 Å². The summed E-state index contributed by atoms with van der Waals surface area (Å²) in [6.45, 7) is 0. The fourth-order valence-electron chi connectivity index (χ4n) is 2.50. The van der Waals surface area contributed by atoms with E-state index in [0.717, 1.165) is 11.1 Å². The molecule has 0 aliphatic rings. The number of nitrogens with one attached hydrogen (secondary N) is 1. The molecule has 0 saturated carbocycles. The number of pyridine rings is 1. The van der Waals surface area contributed by atoms with Crippen molar-refractivity contribution in [2.75, 3.05) is 12.4 Å². The predicted octanol–water partition coefficient (Wildman–Crippen LogP) is 3.40. The van der Waals surface area contributed by atoms with Gasteiger partial charge >= 0.3 is 0 Å². The summed E-state index contributed by atoms with van der Waals surface area (Å²) < 4.78 is 5.17. The van der Waals surface area contributed by atoms with Crippen LogP contribution in [0, 0.1) is 0 Å². The van der Waals surface area contributed by atoms with Gasteiger partial charge in [-0.1, -0.05) is 24.3 Å². The molecule has 3 N–H and O–H groups in total. The summed E-state index contributed by atoms with van der Waals surface area (Å²) in [4.78, 5) is 16.4. The van der Waals surface area contributed by atoms with Crippen molar-refractivity contribution in [2.45, 2.75) is 6.04 Å². The number of nitrogens with two attached hydrogens (primary N) is 1. The third-order valence-electron chi connectivity index (χ3n) is 3.90. The Hall–Kier alpha value is -3.18. The summed E-state index contributed by atoms with van der Waals surface area (Å²) in [5.41, 5.74) is 9.57. The second-order valence-electron chi connectivity index (χ2n) is 5.56. The van der Waals surface area contributed by atoms with Crippen LogP contribution in [0.2, 0.25) is 0 Å². The number of nitrogens with zero attached hydrogens (tertiary/aromatic N) is 1. The minimum absolute atomic E-state index is 0.273. The maximum Gasteiger partial charge on any atom is 0.245 e. The van der Waals surface area contributed by atoms with E-state index in [2.05, 4.69) is 10.3 Å². The molecule has 1 amide bonds. The van der Waals surface area contributed by atoms with Crippen molar-refractivity contribution in [1.29, 1.82) is 0 Å². The standard InChI is InChI=1S/C20H19N3O2/c1-25-18-4-2-3-16(13-18)19(21)20(24)23-17-7-5-14(6-8-17)15-9-11-22-12-10-15/h2-13,19H,21H2,1H3,(H,23,24). The maximum absolute atomic E-state index is 12.4. The summed E-state index contributed by atoms with van der Waals surface area (Å²) >= 11 is 0. The molecular weight excluding hydrogens is 314 g/mol. The first-order valence-corrected chi connectivity index (χ1v) is 7.88. The predicted molar refractivity (Wildman–Crippen MR) is 98.2 cm³/mol. The Balaban J connectivity index is 1.70. The summed E-state index contributed by atoms with van der Waals surface area (Å²) in [6.07, 6.45) is 3.50. The molecule has 0 aliphatic carbocycles. The number of benzene rings is 2. The van der Waals surface area contributed by atoms with E-state index < -0.39 is 6.04 Å². The van der Waals surface area contributed by atoms with Crippen molar-refractivity contribution in [2.24, 2.45) is 5.73 Å². The molecule has 0 bridgehead atoms. The molecule has 0 saturated heterocycles. The van der Waals surface area contributed by atoms with Crippen LogP contribution < -0.4 is 15.8 Å². The minimum Gasteiger partial charge on any atom is -0.497 e. The highest BCUT2D eigenvalue weighted by Crippen LogP contribution is 2.22. The van der Waals surface area contributed by atoms with Crippen LogP contribution >= 0.6 is 0 Å². The number of hydrogen-bond donors (Lipinski definition) is 2. The van der Waals surface area contributed by atoms with Gasteiger partial charge in [-0.05, 0) is 53.1 Å². The lowest BCUT2D eigenvalue weighted by molar-refractivity contribution is -0.117. The topological polar surface area (TPSA) is 77.2 Å². The molecule has 0 radical (unpaired) electrons. The van der Waals surface area contributed by atoms with E-state index >= 15 is 0 Å². The highest BCUT2D eigenvalue weighted by molar-refractivity contribution is 5.95. The number of rotatable bonds is 5. The van der Waals surface area contributed by atoms with Gasteiger partial charge in [0, 0.05) is 18.1 Å². The van der Waals surface area contributed by atoms with Crippen LogP contribution in [-0.4, -0.2) is 18.0 Å². The average Bonchev–Trinajstić information content (AvgIpc) is 2.68. The summed E-state index contributed by atoms with van der Waals surface area (Å²) in [5.74, 6) is 0.396. The number of anilines is 1. The fraction of sp³-hybridized carbons (Fsp3) is 0.100. The number of carbonyl (C=O) groups excluding carboxylic acids is 1. The molecule has 1 aromatic heterocycles. The molecule has 2 aromatic carbocycles. The Morgan fingerprint density at radius 2 is 1.72 bits per heavy atom. The SMILES string of the molecule is COc1cccc(C(N)C(=O)Nc2ccc(-c3ccncc3)cc2)c1. The van der Waals surface area contributed by atoms with Crippen molar-refractivity contribution in [3.05, 3.63) is 78.6 Å². The summed E-state index contributed by atoms with van der Waals surface area (Å²) in [5, 5.41) is 2.84. The first-order chi connectivity index (χ1) is 12.2. The monoisotopic (exact) mass is 333 g/mol. The Morgan fingerprint density at radius 3 is 2.40 bits per heavy atom.